The van der Waals surface area contributed by atoms with Gasteiger partial charge in [-0.3, -0.25) is 0 Å². The molecule has 1 atom stereocenters. The van der Waals surface area contributed by atoms with E-state index in [1.807, 2.05) is 12.1 Å². The molecule has 1 N–H and O–H groups in total. The van der Waals surface area contributed by atoms with Crippen molar-refractivity contribution >= 4 is 5.69 Å². The van der Waals surface area contributed by atoms with Gasteiger partial charge in [0.15, 0.2) is 0 Å². The van der Waals surface area contributed by atoms with Crippen LogP contribution in [0.2, 0.25) is 0 Å². The van der Waals surface area contributed by atoms with Crippen LogP contribution in [0.3, 0.4) is 0 Å². The highest BCUT2D eigenvalue weighted by atomic mass is 19.1. The van der Waals surface area contributed by atoms with Crippen molar-refractivity contribution in [2.24, 2.45) is 5.92 Å². The molecule has 0 amide bonds. The number of hydrogen-bond acceptors (Lipinski definition) is 2. The van der Waals surface area contributed by atoms with Gasteiger partial charge in [-0.1, -0.05) is 32.9 Å². The van der Waals surface area contributed by atoms with Gasteiger partial charge < -0.3 is 10.2 Å². The summed E-state index contributed by atoms with van der Waals surface area (Å²) in [6.45, 7) is 11.4. The van der Waals surface area contributed by atoms with Crippen LogP contribution in [-0.2, 0) is 0 Å². The minimum atomic E-state index is -0.133. The first kappa shape index (κ1) is 16.0. The lowest BCUT2D eigenvalue weighted by Gasteiger charge is -2.33. The predicted molar refractivity (Wildman–Crippen MR) is 81.2 cm³/mol. The van der Waals surface area contributed by atoms with Crippen molar-refractivity contribution in [2.75, 3.05) is 24.5 Å². The van der Waals surface area contributed by atoms with Crippen molar-refractivity contribution in [2.45, 2.75) is 40.2 Å². The van der Waals surface area contributed by atoms with Crippen molar-refractivity contribution in [1.82, 2.24) is 5.32 Å². The zero-order valence-corrected chi connectivity index (χ0v) is 12.6. The zero-order valence-electron chi connectivity index (χ0n) is 12.6. The smallest absolute Gasteiger partial charge is 0.146 e. The minimum absolute atomic E-state index is 0.133. The van der Waals surface area contributed by atoms with Gasteiger partial charge in [-0.05, 0) is 37.9 Å². The molecule has 108 valence electrons. The van der Waals surface area contributed by atoms with Gasteiger partial charge in [0, 0.05) is 19.1 Å². The first-order chi connectivity index (χ1) is 9.10. The molecule has 0 aliphatic rings. The summed E-state index contributed by atoms with van der Waals surface area (Å²) in [5, 5.41) is 3.48. The summed E-state index contributed by atoms with van der Waals surface area (Å²) < 4.78 is 13.9. The Hall–Kier alpha value is -1.09. The van der Waals surface area contributed by atoms with Crippen LogP contribution in [0.1, 0.15) is 34.1 Å². The third-order valence-electron chi connectivity index (χ3n) is 3.35. The molecule has 1 rings (SSSR count). The fourth-order valence-electron chi connectivity index (χ4n) is 2.32. The monoisotopic (exact) mass is 266 g/mol. The Morgan fingerprint density at radius 1 is 1.16 bits per heavy atom. The third-order valence-corrected chi connectivity index (χ3v) is 3.35. The molecule has 0 saturated heterocycles. The van der Waals surface area contributed by atoms with E-state index in [4.69, 9.17) is 0 Å². The largest absolute Gasteiger partial charge is 0.365 e. The molecule has 1 aromatic carbocycles. The molecule has 0 radical (unpaired) electrons. The average Bonchev–Trinajstić information content (AvgIpc) is 2.39. The van der Waals surface area contributed by atoms with Gasteiger partial charge in [0.05, 0.1) is 5.69 Å². The number of hydrogen-bond donors (Lipinski definition) is 1. The number of halogens is 1. The van der Waals surface area contributed by atoms with Gasteiger partial charge in [-0.15, -0.1) is 0 Å². The number of para-hydroxylation sites is 1. The molecule has 19 heavy (non-hydrogen) atoms. The van der Waals surface area contributed by atoms with E-state index in [1.165, 1.54) is 6.07 Å². The van der Waals surface area contributed by atoms with E-state index >= 15 is 0 Å². The molecule has 0 heterocycles. The van der Waals surface area contributed by atoms with E-state index < -0.39 is 0 Å². The number of anilines is 1. The Morgan fingerprint density at radius 3 is 2.37 bits per heavy atom. The lowest BCUT2D eigenvalue weighted by molar-refractivity contribution is 0.482. The number of nitrogens with zero attached hydrogens (tertiary/aromatic N) is 1. The molecule has 1 aromatic rings. The number of benzene rings is 1. The number of likely N-dealkylation sites (N-methyl/N-ethyl adjacent to an activating group) is 1. The Kier molecular flexibility index (Phi) is 6.85. The molecule has 0 spiro atoms. The van der Waals surface area contributed by atoms with Crippen LogP contribution in [0, 0.1) is 11.7 Å². The standard InChI is InChI=1S/C16H27FN2/c1-5-14(12-18-11-13(3)4)19(6-2)16-10-8-7-9-15(16)17/h7-10,13-14,18H,5-6,11-12H2,1-4H3. The van der Waals surface area contributed by atoms with Gasteiger partial charge in [0.1, 0.15) is 5.82 Å². The van der Waals surface area contributed by atoms with Crippen molar-refractivity contribution < 1.29 is 4.39 Å². The van der Waals surface area contributed by atoms with Gasteiger partial charge in [0.25, 0.3) is 0 Å². The molecule has 0 aliphatic heterocycles. The second-order valence-corrected chi connectivity index (χ2v) is 5.35. The summed E-state index contributed by atoms with van der Waals surface area (Å²) in [5.41, 5.74) is 0.711. The van der Waals surface area contributed by atoms with Crippen molar-refractivity contribution in [3.63, 3.8) is 0 Å². The van der Waals surface area contributed by atoms with Crippen LogP contribution < -0.4 is 10.2 Å². The Balaban J connectivity index is 2.73. The number of rotatable bonds is 8. The lowest BCUT2D eigenvalue weighted by atomic mass is 10.1. The average molecular weight is 266 g/mol. The Labute approximate surface area is 117 Å². The first-order valence-corrected chi connectivity index (χ1v) is 7.32. The van der Waals surface area contributed by atoms with Gasteiger partial charge >= 0.3 is 0 Å². The van der Waals surface area contributed by atoms with E-state index in [1.54, 1.807) is 6.07 Å². The summed E-state index contributed by atoms with van der Waals surface area (Å²) in [7, 11) is 0. The molecular weight excluding hydrogens is 239 g/mol. The summed E-state index contributed by atoms with van der Waals surface area (Å²) in [6.07, 6.45) is 1.01. The fourth-order valence-corrected chi connectivity index (χ4v) is 2.32. The van der Waals surface area contributed by atoms with Crippen LogP contribution in [0.15, 0.2) is 24.3 Å². The third kappa shape index (κ3) is 4.83. The van der Waals surface area contributed by atoms with E-state index in [-0.39, 0.29) is 5.82 Å². The maximum Gasteiger partial charge on any atom is 0.146 e. The predicted octanol–water partition coefficient (Wildman–Crippen LogP) is 3.68. The van der Waals surface area contributed by atoms with E-state index in [2.05, 4.69) is 37.9 Å². The summed E-state index contributed by atoms with van der Waals surface area (Å²) in [6, 6.07) is 7.37. The van der Waals surface area contributed by atoms with E-state index in [0.717, 1.165) is 26.1 Å². The van der Waals surface area contributed by atoms with Gasteiger partial charge in [-0.25, -0.2) is 4.39 Å². The van der Waals surface area contributed by atoms with Crippen molar-refractivity contribution in [3.05, 3.63) is 30.1 Å². The Morgan fingerprint density at radius 2 is 1.84 bits per heavy atom. The van der Waals surface area contributed by atoms with Crippen LogP contribution >= 0.6 is 0 Å². The first-order valence-electron chi connectivity index (χ1n) is 7.32. The van der Waals surface area contributed by atoms with E-state index in [0.29, 0.717) is 17.6 Å². The second kappa shape index (κ2) is 8.16. The molecule has 0 aliphatic carbocycles. The molecule has 0 saturated carbocycles. The van der Waals surface area contributed by atoms with Crippen molar-refractivity contribution in [3.8, 4) is 0 Å². The SMILES string of the molecule is CCC(CNCC(C)C)N(CC)c1ccccc1F. The molecular formula is C16H27FN2. The molecule has 3 heteroatoms. The number of nitrogens with one attached hydrogen (secondary N) is 1. The lowest BCUT2D eigenvalue weighted by Crippen LogP contribution is -2.43. The van der Waals surface area contributed by atoms with Crippen LogP contribution in [0.4, 0.5) is 10.1 Å². The summed E-state index contributed by atoms with van der Waals surface area (Å²) in [5.74, 6) is 0.507. The van der Waals surface area contributed by atoms with Gasteiger partial charge in [0.2, 0.25) is 0 Å². The normalized spacial score (nSPS) is 12.7. The molecule has 0 fully saturated rings. The van der Waals surface area contributed by atoms with E-state index in [9.17, 15) is 4.39 Å². The molecule has 2 nitrogen and oxygen atoms in total. The molecule has 0 aromatic heterocycles. The highest BCUT2D eigenvalue weighted by molar-refractivity contribution is 5.48. The zero-order chi connectivity index (χ0) is 14.3. The van der Waals surface area contributed by atoms with Crippen LogP contribution in [-0.4, -0.2) is 25.7 Å². The molecule has 0 bridgehead atoms. The summed E-state index contributed by atoms with van der Waals surface area (Å²) >= 11 is 0. The molecule has 1 unspecified atom stereocenters. The fraction of sp³-hybridized carbons (Fsp3) is 0.625. The van der Waals surface area contributed by atoms with Crippen molar-refractivity contribution in [1.29, 1.82) is 0 Å². The minimum Gasteiger partial charge on any atom is -0.365 e. The van der Waals surface area contributed by atoms with Crippen LogP contribution in [0.25, 0.3) is 0 Å². The summed E-state index contributed by atoms with van der Waals surface area (Å²) in [4.78, 5) is 2.16. The highest BCUT2D eigenvalue weighted by Crippen LogP contribution is 2.21. The maximum absolute atomic E-state index is 13.9. The highest BCUT2D eigenvalue weighted by Gasteiger charge is 2.18. The van der Waals surface area contributed by atoms with Crippen LogP contribution in [0.5, 0.6) is 0 Å². The Bertz CT molecular complexity index is 366. The van der Waals surface area contributed by atoms with Gasteiger partial charge in [-0.2, -0.15) is 0 Å². The topological polar surface area (TPSA) is 15.3 Å². The maximum atomic E-state index is 13.9. The second-order valence-electron chi connectivity index (χ2n) is 5.35. The quantitative estimate of drug-likeness (QED) is 0.772.